The normalized spacial score (nSPS) is 18.3. The van der Waals surface area contributed by atoms with Crippen molar-refractivity contribution in [3.8, 4) is 5.75 Å². The predicted molar refractivity (Wildman–Crippen MR) is 91.3 cm³/mol. The second kappa shape index (κ2) is 7.34. The number of primary sulfonamides is 1. The first-order valence-corrected chi connectivity index (χ1v) is 9.55. The van der Waals surface area contributed by atoms with E-state index in [4.69, 9.17) is 14.6 Å². The Morgan fingerprint density at radius 3 is 2.50 bits per heavy atom. The lowest BCUT2D eigenvalue weighted by Gasteiger charge is -2.23. The Morgan fingerprint density at radius 1 is 1.08 bits per heavy atom. The van der Waals surface area contributed by atoms with Gasteiger partial charge >= 0.3 is 0 Å². The van der Waals surface area contributed by atoms with Gasteiger partial charge in [0.15, 0.2) is 6.29 Å². The molecule has 1 heterocycles. The van der Waals surface area contributed by atoms with E-state index in [1.54, 1.807) is 12.1 Å². The van der Waals surface area contributed by atoms with Gasteiger partial charge in [0.1, 0.15) is 5.75 Å². The van der Waals surface area contributed by atoms with Crippen LogP contribution in [0.3, 0.4) is 0 Å². The van der Waals surface area contributed by atoms with Crippen molar-refractivity contribution in [2.75, 3.05) is 6.61 Å². The molecule has 3 rings (SSSR count). The van der Waals surface area contributed by atoms with E-state index in [2.05, 4.69) is 0 Å². The molecule has 0 spiro atoms. The molecule has 0 radical (unpaired) electrons. The minimum Gasteiger partial charge on any atom is -0.465 e. The zero-order chi connectivity index (χ0) is 17.0. The van der Waals surface area contributed by atoms with E-state index in [1.165, 1.54) is 6.07 Å². The molecule has 0 saturated carbocycles. The smallest absolute Gasteiger partial charge is 0.238 e. The van der Waals surface area contributed by atoms with Gasteiger partial charge in [-0.1, -0.05) is 30.3 Å². The fraction of sp³-hybridized carbons (Fsp3) is 0.333. The molecule has 1 fully saturated rings. The van der Waals surface area contributed by atoms with Crippen molar-refractivity contribution in [3.05, 3.63) is 59.7 Å². The Hall–Kier alpha value is -1.89. The van der Waals surface area contributed by atoms with Gasteiger partial charge in [-0.15, -0.1) is 0 Å². The lowest BCUT2D eigenvalue weighted by molar-refractivity contribution is -0.105. The summed E-state index contributed by atoms with van der Waals surface area (Å²) in [4.78, 5) is 0.168. The molecule has 1 saturated heterocycles. The number of hydrogen-bond acceptors (Lipinski definition) is 4. The Bertz CT molecular complexity index is 781. The zero-order valence-corrected chi connectivity index (χ0v) is 14.2. The maximum atomic E-state index is 11.7. The fourth-order valence-corrected chi connectivity index (χ4v) is 3.56. The summed E-state index contributed by atoms with van der Waals surface area (Å²) >= 11 is 0. The third kappa shape index (κ3) is 4.35. The van der Waals surface area contributed by atoms with Gasteiger partial charge in [0, 0.05) is 6.42 Å². The van der Waals surface area contributed by atoms with Gasteiger partial charge in [0.25, 0.3) is 0 Å². The van der Waals surface area contributed by atoms with E-state index >= 15 is 0 Å². The standard InChI is InChI=1S/C18H21NO4S/c19-24(20,21)17-6-2-1-5-15(17)13-14-8-10-16(11-9-14)23-18-7-3-4-12-22-18/h1-2,5-6,8-11,18H,3-4,7,12-13H2,(H2,19,20,21). The molecule has 0 aromatic heterocycles. The summed E-state index contributed by atoms with van der Waals surface area (Å²) in [6, 6.07) is 14.4. The van der Waals surface area contributed by atoms with Crippen LogP contribution in [0.25, 0.3) is 0 Å². The van der Waals surface area contributed by atoms with E-state index in [0.29, 0.717) is 12.0 Å². The summed E-state index contributed by atoms with van der Waals surface area (Å²) in [5.74, 6) is 0.755. The molecule has 6 heteroatoms. The summed E-state index contributed by atoms with van der Waals surface area (Å²) in [6.07, 6.45) is 3.43. The highest BCUT2D eigenvalue weighted by molar-refractivity contribution is 7.89. The molecule has 1 aliphatic heterocycles. The molecule has 0 bridgehead atoms. The molecule has 2 N–H and O–H groups in total. The van der Waals surface area contributed by atoms with E-state index in [0.717, 1.165) is 37.2 Å². The average Bonchev–Trinajstić information content (AvgIpc) is 2.57. The highest BCUT2D eigenvalue weighted by atomic mass is 32.2. The average molecular weight is 347 g/mol. The van der Waals surface area contributed by atoms with Crippen molar-refractivity contribution in [3.63, 3.8) is 0 Å². The highest BCUT2D eigenvalue weighted by Gasteiger charge is 2.16. The van der Waals surface area contributed by atoms with Gasteiger partial charge in [-0.3, -0.25) is 0 Å². The second-order valence-electron chi connectivity index (χ2n) is 5.89. The molecule has 1 atom stereocenters. The number of hydrogen-bond donors (Lipinski definition) is 1. The number of benzene rings is 2. The van der Waals surface area contributed by atoms with E-state index in [1.807, 2.05) is 30.3 Å². The van der Waals surface area contributed by atoms with Gasteiger partial charge < -0.3 is 9.47 Å². The Labute approximate surface area is 142 Å². The van der Waals surface area contributed by atoms with E-state index < -0.39 is 10.0 Å². The van der Waals surface area contributed by atoms with E-state index in [-0.39, 0.29) is 11.2 Å². The van der Waals surface area contributed by atoms with Crippen LogP contribution < -0.4 is 9.88 Å². The molecule has 0 amide bonds. The van der Waals surface area contributed by atoms with Crippen LogP contribution in [0.2, 0.25) is 0 Å². The van der Waals surface area contributed by atoms with Crippen molar-refractivity contribution in [1.29, 1.82) is 0 Å². The van der Waals surface area contributed by atoms with Crippen molar-refractivity contribution in [2.45, 2.75) is 36.9 Å². The monoisotopic (exact) mass is 347 g/mol. The van der Waals surface area contributed by atoms with Gasteiger partial charge in [-0.25, -0.2) is 13.6 Å². The first kappa shape index (κ1) is 17.0. The van der Waals surface area contributed by atoms with Gasteiger partial charge in [-0.2, -0.15) is 0 Å². The zero-order valence-electron chi connectivity index (χ0n) is 13.4. The molecule has 24 heavy (non-hydrogen) atoms. The van der Waals surface area contributed by atoms with Gasteiger partial charge in [0.2, 0.25) is 10.0 Å². The maximum absolute atomic E-state index is 11.7. The van der Waals surface area contributed by atoms with Crippen LogP contribution in [-0.2, 0) is 21.2 Å². The van der Waals surface area contributed by atoms with Gasteiger partial charge in [0.05, 0.1) is 11.5 Å². The summed E-state index contributed by atoms with van der Waals surface area (Å²) in [6.45, 7) is 0.743. The predicted octanol–water partition coefficient (Wildman–Crippen LogP) is 2.83. The van der Waals surface area contributed by atoms with Crippen LogP contribution in [-0.4, -0.2) is 21.3 Å². The topological polar surface area (TPSA) is 78.6 Å². The minimum atomic E-state index is -3.72. The van der Waals surface area contributed by atoms with Gasteiger partial charge in [-0.05, 0) is 48.6 Å². The lowest BCUT2D eigenvalue weighted by atomic mass is 10.0. The Balaban J connectivity index is 1.71. The summed E-state index contributed by atoms with van der Waals surface area (Å²) in [5, 5.41) is 5.28. The maximum Gasteiger partial charge on any atom is 0.238 e. The Kier molecular flexibility index (Phi) is 5.18. The molecule has 1 unspecified atom stereocenters. The van der Waals surface area contributed by atoms with Crippen LogP contribution in [0.4, 0.5) is 0 Å². The third-order valence-electron chi connectivity index (χ3n) is 4.00. The number of nitrogens with two attached hydrogens (primary N) is 1. The molecule has 2 aromatic carbocycles. The second-order valence-corrected chi connectivity index (χ2v) is 7.42. The number of rotatable bonds is 5. The molecule has 2 aromatic rings. The first-order chi connectivity index (χ1) is 11.5. The molecule has 0 aliphatic carbocycles. The molecule has 128 valence electrons. The lowest BCUT2D eigenvalue weighted by Crippen LogP contribution is -2.24. The van der Waals surface area contributed by atoms with Crippen molar-refractivity contribution in [2.24, 2.45) is 5.14 Å². The van der Waals surface area contributed by atoms with Crippen molar-refractivity contribution in [1.82, 2.24) is 0 Å². The molecular weight excluding hydrogens is 326 g/mol. The molecule has 5 nitrogen and oxygen atoms in total. The number of sulfonamides is 1. The fourth-order valence-electron chi connectivity index (χ4n) is 2.79. The quantitative estimate of drug-likeness (QED) is 0.902. The van der Waals surface area contributed by atoms with Crippen molar-refractivity contribution >= 4 is 10.0 Å². The third-order valence-corrected chi connectivity index (χ3v) is 5.01. The summed E-state index contributed by atoms with van der Waals surface area (Å²) in [7, 11) is -3.72. The molecule has 1 aliphatic rings. The Morgan fingerprint density at radius 2 is 1.83 bits per heavy atom. The van der Waals surface area contributed by atoms with Crippen LogP contribution >= 0.6 is 0 Å². The van der Waals surface area contributed by atoms with Crippen LogP contribution in [0.1, 0.15) is 30.4 Å². The minimum absolute atomic E-state index is 0.168. The van der Waals surface area contributed by atoms with Crippen molar-refractivity contribution < 1.29 is 17.9 Å². The van der Waals surface area contributed by atoms with Crippen LogP contribution in [0.5, 0.6) is 5.75 Å². The van der Waals surface area contributed by atoms with E-state index in [9.17, 15) is 8.42 Å². The largest absolute Gasteiger partial charge is 0.465 e. The van der Waals surface area contributed by atoms with Crippen LogP contribution in [0.15, 0.2) is 53.4 Å². The first-order valence-electron chi connectivity index (χ1n) is 8.00. The molecular formula is C18H21NO4S. The highest BCUT2D eigenvalue weighted by Crippen LogP contribution is 2.22. The summed E-state index contributed by atoms with van der Waals surface area (Å²) < 4.78 is 34.7. The van der Waals surface area contributed by atoms with Crippen LogP contribution in [0, 0.1) is 0 Å². The number of ether oxygens (including phenoxy) is 2. The summed E-state index contributed by atoms with van der Waals surface area (Å²) in [5.41, 5.74) is 1.67. The SMILES string of the molecule is NS(=O)(=O)c1ccccc1Cc1ccc(OC2CCCCO2)cc1.